The van der Waals surface area contributed by atoms with E-state index in [1.54, 1.807) is 0 Å². The molecule has 0 bridgehead atoms. The van der Waals surface area contributed by atoms with Gasteiger partial charge in [0.1, 0.15) is 32.2 Å². The lowest BCUT2D eigenvalue weighted by molar-refractivity contribution is -0.138. The molecule has 0 aliphatic heterocycles. The molecule has 2 saturated carbocycles. The Bertz CT molecular complexity index is 1220. The van der Waals surface area contributed by atoms with Gasteiger partial charge >= 0.3 is 30.3 Å². The molecule has 0 radical (unpaired) electrons. The molecule has 0 aromatic heterocycles. The van der Waals surface area contributed by atoms with Crippen LogP contribution in [0.3, 0.4) is 0 Å². The number of amides is 4. The van der Waals surface area contributed by atoms with E-state index in [1.807, 2.05) is 0 Å². The largest absolute Gasteiger partial charge is 0.491 e. The summed E-state index contributed by atoms with van der Waals surface area (Å²) in [5.74, 6) is -0.180. The minimum atomic E-state index is -0.611. The van der Waals surface area contributed by atoms with Gasteiger partial charge < -0.3 is 49.7 Å². The van der Waals surface area contributed by atoms with Crippen LogP contribution >= 0.6 is 0 Å². The fraction of sp³-hybridized carbons (Fsp3) is 0.718. The van der Waals surface area contributed by atoms with Gasteiger partial charge in [0.25, 0.3) is 0 Å². The standard InChI is InChI=1S/C39H64N4O11/c1-10-28(3)49-16-18-53-32(45)40-26-38(8)22-29(20-36(4,5)24-38)42-34(47)51-14-12-13-15-52-35(48)43-30-21-37(6,7)25-39(9,23-30)27-41-33(46)54-19-17-50-31(44)11-2/h10-11,29-30H,1-3,12-27H2,4-9H3,(H,40,45)(H,41,46)(H,42,47)(H,43,48). The first-order valence-electron chi connectivity index (χ1n) is 18.7. The molecule has 2 aliphatic carbocycles. The molecule has 2 aliphatic rings. The van der Waals surface area contributed by atoms with Crippen LogP contribution in [0.1, 0.15) is 92.9 Å². The lowest BCUT2D eigenvalue weighted by Crippen LogP contribution is -2.50. The maximum Gasteiger partial charge on any atom is 0.407 e. The third-order valence-corrected chi connectivity index (χ3v) is 9.41. The molecule has 15 nitrogen and oxygen atoms in total. The second-order valence-corrected chi connectivity index (χ2v) is 16.7. The highest BCUT2D eigenvalue weighted by Gasteiger charge is 2.43. The molecule has 306 valence electrons. The Morgan fingerprint density at radius 3 is 1.35 bits per heavy atom. The summed E-state index contributed by atoms with van der Waals surface area (Å²) < 4.78 is 31.2. The van der Waals surface area contributed by atoms with Gasteiger partial charge in [0.2, 0.25) is 0 Å². The van der Waals surface area contributed by atoms with E-state index in [0.29, 0.717) is 44.5 Å². The molecular weight excluding hydrogens is 700 g/mol. The van der Waals surface area contributed by atoms with Gasteiger partial charge in [-0.1, -0.05) is 61.3 Å². The molecule has 4 atom stereocenters. The van der Waals surface area contributed by atoms with Gasteiger partial charge in [-0.25, -0.2) is 24.0 Å². The Kier molecular flexibility index (Phi) is 18.2. The summed E-state index contributed by atoms with van der Waals surface area (Å²) >= 11 is 0. The minimum Gasteiger partial charge on any atom is -0.491 e. The number of esters is 1. The van der Waals surface area contributed by atoms with Crippen molar-refractivity contribution >= 4 is 30.3 Å². The maximum atomic E-state index is 12.7. The summed E-state index contributed by atoms with van der Waals surface area (Å²) in [5, 5.41) is 11.6. The number of allylic oxidation sites excluding steroid dienone is 1. The summed E-state index contributed by atoms with van der Waals surface area (Å²) in [5.41, 5.74) is -0.744. The average Bonchev–Trinajstić information content (AvgIpc) is 3.06. The number of ether oxygens (including phenoxy) is 6. The number of unbranched alkanes of at least 4 members (excludes halogenated alkanes) is 1. The van der Waals surface area contributed by atoms with E-state index in [-0.39, 0.29) is 73.4 Å². The van der Waals surface area contributed by atoms with E-state index in [0.717, 1.165) is 31.8 Å². The van der Waals surface area contributed by atoms with Gasteiger partial charge in [-0.3, -0.25) is 0 Å². The van der Waals surface area contributed by atoms with E-state index >= 15 is 0 Å². The Hall–Kier alpha value is -4.43. The van der Waals surface area contributed by atoms with E-state index in [2.05, 4.69) is 82.5 Å². The summed E-state index contributed by atoms with van der Waals surface area (Å²) in [6.07, 6.45) is 5.87. The van der Waals surface area contributed by atoms with Crippen molar-refractivity contribution in [1.29, 1.82) is 0 Å². The van der Waals surface area contributed by atoms with Crippen molar-refractivity contribution in [1.82, 2.24) is 21.3 Å². The van der Waals surface area contributed by atoms with Crippen molar-refractivity contribution in [2.45, 2.75) is 105 Å². The van der Waals surface area contributed by atoms with Crippen LogP contribution < -0.4 is 21.3 Å². The molecule has 4 unspecified atom stereocenters. The zero-order valence-corrected chi connectivity index (χ0v) is 33.2. The van der Waals surface area contributed by atoms with Crippen molar-refractivity contribution in [2.24, 2.45) is 21.7 Å². The molecule has 0 saturated heterocycles. The second-order valence-electron chi connectivity index (χ2n) is 16.7. The average molecular weight is 765 g/mol. The third-order valence-electron chi connectivity index (χ3n) is 9.41. The topological polar surface area (TPSA) is 189 Å². The number of nitrogens with one attached hydrogen (secondary N) is 4. The fourth-order valence-corrected chi connectivity index (χ4v) is 8.07. The molecule has 54 heavy (non-hydrogen) atoms. The Morgan fingerprint density at radius 2 is 0.944 bits per heavy atom. The lowest BCUT2D eigenvalue weighted by atomic mass is 9.62. The molecule has 15 heteroatoms. The Labute approximate surface area is 320 Å². The highest BCUT2D eigenvalue weighted by molar-refractivity contribution is 5.81. The number of hydrogen-bond acceptors (Lipinski definition) is 11. The monoisotopic (exact) mass is 764 g/mol. The fourth-order valence-electron chi connectivity index (χ4n) is 8.07. The maximum absolute atomic E-state index is 12.7. The van der Waals surface area contributed by atoms with E-state index in [9.17, 15) is 24.0 Å². The van der Waals surface area contributed by atoms with Gasteiger partial charge in [-0.2, -0.15) is 0 Å². The summed E-state index contributed by atoms with van der Waals surface area (Å²) in [4.78, 5) is 60.9. The number of alkyl carbamates (subject to hydrolysis) is 4. The van der Waals surface area contributed by atoms with Gasteiger partial charge in [0, 0.05) is 31.2 Å². The van der Waals surface area contributed by atoms with Gasteiger partial charge in [-0.05, 0) is 79.1 Å². The third kappa shape index (κ3) is 18.6. The second kappa shape index (κ2) is 21.5. The summed E-state index contributed by atoms with van der Waals surface area (Å²) in [7, 11) is 0. The molecule has 0 heterocycles. The Morgan fingerprint density at radius 1 is 0.556 bits per heavy atom. The lowest BCUT2D eigenvalue weighted by Gasteiger charge is -2.46. The minimum absolute atomic E-state index is 0.0632. The van der Waals surface area contributed by atoms with Crippen LogP contribution in [-0.4, -0.2) is 95.2 Å². The number of carbonyl (C=O) groups excluding carboxylic acids is 5. The number of rotatable bonds is 20. The van der Waals surface area contributed by atoms with E-state index < -0.39 is 30.3 Å². The van der Waals surface area contributed by atoms with Crippen molar-refractivity contribution in [3.05, 3.63) is 37.6 Å². The Balaban J connectivity index is 1.67. The molecule has 4 N–H and O–H groups in total. The molecule has 2 fully saturated rings. The van der Waals surface area contributed by atoms with E-state index in [4.69, 9.17) is 28.4 Å². The molecule has 2 rings (SSSR count). The summed E-state index contributed by atoms with van der Waals surface area (Å²) in [6, 6.07) is -0.286. The van der Waals surface area contributed by atoms with E-state index in [1.165, 1.54) is 6.08 Å². The molecule has 0 aromatic rings. The van der Waals surface area contributed by atoms with Crippen LogP contribution in [-0.2, 0) is 33.2 Å². The van der Waals surface area contributed by atoms with Crippen molar-refractivity contribution in [2.75, 3.05) is 52.7 Å². The summed E-state index contributed by atoms with van der Waals surface area (Å²) in [6.45, 7) is 24.4. The van der Waals surface area contributed by atoms with Gasteiger partial charge in [-0.15, -0.1) is 0 Å². The molecular formula is C39H64N4O11. The molecule has 4 amide bonds. The van der Waals surface area contributed by atoms with Crippen molar-refractivity contribution < 1.29 is 52.4 Å². The molecule has 0 aromatic carbocycles. The predicted molar refractivity (Wildman–Crippen MR) is 202 cm³/mol. The van der Waals surface area contributed by atoms with Gasteiger partial charge in [0.15, 0.2) is 0 Å². The zero-order chi connectivity index (χ0) is 40.4. The first kappa shape index (κ1) is 45.7. The van der Waals surface area contributed by atoms with Crippen molar-refractivity contribution in [3.8, 4) is 0 Å². The quantitative estimate of drug-likeness (QED) is 0.0273. The van der Waals surface area contributed by atoms with Crippen molar-refractivity contribution in [3.63, 3.8) is 0 Å². The molecule has 0 spiro atoms. The van der Waals surface area contributed by atoms with Crippen LogP contribution in [0.25, 0.3) is 0 Å². The van der Waals surface area contributed by atoms with Gasteiger partial charge in [0.05, 0.1) is 13.2 Å². The zero-order valence-electron chi connectivity index (χ0n) is 33.2. The highest BCUT2D eigenvalue weighted by Crippen LogP contribution is 2.47. The van der Waals surface area contributed by atoms with Crippen LogP contribution in [0, 0.1) is 21.7 Å². The van der Waals surface area contributed by atoms with Crippen LogP contribution in [0.2, 0.25) is 0 Å². The van der Waals surface area contributed by atoms with Crippen LogP contribution in [0.5, 0.6) is 0 Å². The number of carbonyl (C=O) groups is 5. The van der Waals surface area contributed by atoms with Crippen LogP contribution in [0.15, 0.2) is 37.6 Å². The first-order valence-corrected chi connectivity index (χ1v) is 18.7. The smallest absolute Gasteiger partial charge is 0.407 e. The SMILES string of the molecule is C=CC(=C)OCCOC(=O)NCC1(C)CC(NC(=O)OCCCCOC(=O)NC2CC(C)(C)CC(C)(CNC(=O)OCCOC(=O)C=C)C2)CC(C)(C)C1. The normalized spacial score (nSPS) is 24.0. The number of hydrogen-bond donors (Lipinski definition) is 4. The predicted octanol–water partition coefficient (Wildman–Crippen LogP) is 6.29. The van der Waals surface area contributed by atoms with Crippen LogP contribution in [0.4, 0.5) is 19.2 Å². The first-order chi connectivity index (χ1) is 25.3. The highest BCUT2D eigenvalue weighted by atomic mass is 16.6.